The molecule has 0 saturated carbocycles. The zero-order valence-corrected chi connectivity index (χ0v) is 12.7. The van der Waals surface area contributed by atoms with E-state index in [2.05, 4.69) is 22.0 Å². The number of fused-ring (bicyclic) bond motifs is 1. The van der Waals surface area contributed by atoms with Crippen molar-refractivity contribution in [2.24, 2.45) is 0 Å². The predicted molar refractivity (Wildman–Crippen MR) is 81.3 cm³/mol. The smallest absolute Gasteiger partial charge is 0.264 e. The van der Waals surface area contributed by atoms with E-state index < -0.39 is 0 Å². The summed E-state index contributed by atoms with van der Waals surface area (Å²) < 4.78 is 6.73. The maximum Gasteiger partial charge on any atom is 0.264 e. The van der Waals surface area contributed by atoms with Crippen molar-refractivity contribution in [3.05, 3.63) is 35.2 Å². The Morgan fingerprint density at radius 3 is 3.11 bits per heavy atom. The van der Waals surface area contributed by atoms with Gasteiger partial charge in [0.2, 0.25) is 0 Å². The maximum atomic E-state index is 12.5. The predicted octanol–water partition coefficient (Wildman–Crippen LogP) is 3.14. The van der Waals surface area contributed by atoms with E-state index >= 15 is 0 Å². The lowest BCUT2D eigenvalue weighted by Crippen LogP contribution is -2.46. The molecule has 1 atom stereocenters. The summed E-state index contributed by atoms with van der Waals surface area (Å²) in [6.45, 7) is 1.96. The molecule has 2 heterocycles. The van der Waals surface area contributed by atoms with Crippen molar-refractivity contribution in [2.75, 3.05) is 25.0 Å². The molecule has 0 N–H and O–H groups in total. The number of rotatable bonds is 2. The molecule has 1 saturated heterocycles. The van der Waals surface area contributed by atoms with Gasteiger partial charge in [-0.1, -0.05) is 34.1 Å². The van der Waals surface area contributed by atoms with Crippen LogP contribution in [0.5, 0.6) is 0 Å². The molecule has 3 nitrogen and oxygen atoms in total. The number of benzene rings is 1. The Hall–Kier alpha value is -0.910. The molecule has 3 rings (SSSR count). The van der Waals surface area contributed by atoms with Gasteiger partial charge in [0, 0.05) is 23.1 Å². The fourth-order valence-corrected chi connectivity index (χ4v) is 3.66. The number of carbonyl (C=O) groups is 1. The van der Waals surface area contributed by atoms with Gasteiger partial charge in [0.05, 0.1) is 17.6 Å². The Kier molecular flexibility index (Phi) is 3.86. The summed E-state index contributed by atoms with van der Waals surface area (Å²) >= 11 is 4.98. The van der Waals surface area contributed by atoms with Crippen LogP contribution in [0.15, 0.2) is 30.3 Å². The Morgan fingerprint density at radius 2 is 2.32 bits per heavy atom. The Bertz CT molecular complexity index is 565. The lowest BCUT2D eigenvalue weighted by molar-refractivity contribution is -0.00945. The molecule has 19 heavy (non-hydrogen) atoms. The molecule has 1 amide bonds. The van der Waals surface area contributed by atoms with E-state index in [0.29, 0.717) is 19.7 Å². The van der Waals surface area contributed by atoms with E-state index in [9.17, 15) is 4.79 Å². The summed E-state index contributed by atoms with van der Waals surface area (Å²) in [7, 11) is 0. The highest BCUT2D eigenvalue weighted by molar-refractivity contribution is 9.09. The molecule has 0 spiro atoms. The molecule has 2 aromatic rings. The third-order valence-electron chi connectivity index (χ3n) is 3.23. The van der Waals surface area contributed by atoms with Crippen LogP contribution in [-0.4, -0.2) is 41.9 Å². The Labute approximate surface area is 124 Å². The highest BCUT2D eigenvalue weighted by atomic mass is 79.9. The minimum atomic E-state index is 0.104. The zero-order valence-electron chi connectivity index (χ0n) is 10.3. The average molecular weight is 340 g/mol. The molecule has 1 aromatic heterocycles. The minimum absolute atomic E-state index is 0.104. The Morgan fingerprint density at radius 1 is 1.47 bits per heavy atom. The zero-order chi connectivity index (χ0) is 13.2. The van der Waals surface area contributed by atoms with E-state index in [4.69, 9.17) is 4.74 Å². The van der Waals surface area contributed by atoms with Gasteiger partial charge >= 0.3 is 0 Å². The van der Waals surface area contributed by atoms with Gasteiger partial charge in [-0.15, -0.1) is 11.3 Å². The molecule has 0 bridgehead atoms. The van der Waals surface area contributed by atoms with E-state index in [1.165, 1.54) is 0 Å². The monoisotopic (exact) mass is 339 g/mol. The van der Waals surface area contributed by atoms with Gasteiger partial charge < -0.3 is 9.64 Å². The molecule has 1 aliphatic rings. The quantitative estimate of drug-likeness (QED) is 0.786. The molecule has 0 aliphatic carbocycles. The molecular weight excluding hydrogens is 326 g/mol. The van der Waals surface area contributed by atoms with Crippen molar-refractivity contribution in [1.29, 1.82) is 0 Å². The maximum absolute atomic E-state index is 12.5. The van der Waals surface area contributed by atoms with Crippen molar-refractivity contribution in [1.82, 2.24) is 4.90 Å². The number of thiophene rings is 1. The summed E-state index contributed by atoms with van der Waals surface area (Å²) in [5.41, 5.74) is 0. The fraction of sp³-hybridized carbons (Fsp3) is 0.357. The Balaban J connectivity index is 1.82. The second kappa shape index (κ2) is 5.61. The fourth-order valence-electron chi connectivity index (χ4n) is 2.24. The number of alkyl halides is 1. The topological polar surface area (TPSA) is 29.5 Å². The van der Waals surface area contributed by atoms with Crippen LogP contribution >= 0.6 is 27.3 Å². The number of amides is 1. The van der Waals surface area contributed by atoms with Crippen LogP contribution in [0.4, 0.5) is 0 Å². The highest BCUT2D eigenvalue weighted by Crippen LogP contribution is 2.26. The third-order valence-corrected chi connectivity index (χ3v) is 5.06. The first kappa shape index (κ1) is 13.1. The minimum Gasteiger partial charge on any atom is -0.374 e. The van der Waals surface area contributed by atoms with E-state index in [-0.39, 0.29) is 12.0 Å². The van der Waals surface area contributed by atoms with Crippen LogP contribution in [0.1, 0.15) is 9.67 Å². The van der Waals surface area contributed by atoms with E-state index in [1.807, 2.05) is 29.2 Å². The largest absolute Gasteiger partial charge is 0.374 e. The summed E-state index contributed by atoms with van der Waals surface area (Å²) in [4.78, 5) is 15.2. The van der Waals surface area contributed by atoms with Gasteiger partial charge in [0.1, 0.15) is 0 Å². The summed E-state index contributed by atoms with van der Waals surface area (Å²) in [6.07, 6.45) is 0.104. The van der Waals surface area contributed by atoms with E-state index in [0.717, 1.165) is 20.3 Å². The van der Waals surface area contributed by atoms with Crippen molar-refractivity contribution in [2.45, 2.75) is 6.10 Å². The molecule has 1 unspecified atom stereocenters. The standard InChI is InChI=1S/C14H14BrNO2S/c15-8-11-9-16(5-6-18-11)14(17)13-7-10-3-1-2-4-12(10)19-13/h1-4,7,11H,5-6,8-9H2. The van der Waals surface area contributed by atoms with Gasteiger partial charge in [0.15, 0.2) is 0 Å². The van der Waals surface area contributed by atoms with Crippen molar-refractivity contribution >= 4 is 43.3 Å². The molecule has 1 aromatic carbocycles. The van der Waals surface area contributed by atoms with Crippen molar-refractivity contribution < 1.29 is 9.53 Å². The molecular formula is C14H14BrNO2S. The number of morpholine rings is 1. The lowest BCUT2D eigenvalue weighted by Gasteiger charge is -2.31. The highest BCUT2D eigenvalue weighted by Gasteiger charge is 2.25. The summed E-state index contributed by atoms with van der Waals surface area (Å²) in [5.74, 6) is 0.121. The number of hydrogen-bond donors (Lipinski definition) is 0. The SMILES string of the molecule is O=C(c1cc2ccccc2s1)N1CCOC(CBr)C1. The first-order chi connectivity index (χ1) is 9.28. The van der Waals surface area contributed by atoms with Crippen LogP contribution in [0.3, 0.4) is 0 Å². The van der Waals surface area contributed by atoms with E-state index in [1.54, 1.807) is 11.3 Å². The number of nitrogens with zero attached hydrogens (tertiary/aromatic N) is 1. The van der Waals surface area contributed by atoms with Crippen LogP contribution in [0.25, 0.3) is 10.1 Å². The van der Waals surface area contributed by atoms with Crippen LogP contribution in [-0.2, 0) is 4.74 Å². The second-order valence-corrected chi connectivity index (χ2v) is 6.28. The molecule has 1 aliphatic heterocycles. The first-order valence-corrected chi connectivity index (χ1v) is 8.17. The average Bonchev–Trinajstić information content (AvgIpc) is 2.90. The van der Waals surface area contributed by atoms with Crippen LogP contribution in [0.2, 0.25) is 0 Å². The number of carbonyl (C=O) groups excluding carboxylic acids is 1. The van der Waals surface area contributed by atoms with Gasteiger partial charge in [-0.2, -0.15) is 0 Å². The molecule has 5 heteroatoms. The van der Waals surface area contributed by atoms with Crippen LogP contribution < -0.4 is 0 Å². The number of hydrogen-bond acceptors (Lipinski definition) is 3. The number of halogens is 1. The van der Waals surface area contributed by atoms with Crippen LogP contribution in [0, 0.1) is 0 Å². The van der Waals surface area contributed by atoms with Gasteiger partial charge in [-0.05, 0) is 17.5 Å². The van der Waals surface area contributed by atoms with Gasteiger partial charge in [0.25, 0.3) is 5.91 Å². The van der Waals surface area contributed by atoms with Crippen molar-refractivity contribution in [3.63, 3.8) is 0 Å². The number of ether oxygens (including phenoxy) is 1. The lowest BCUT2D eigenvalue weighted by atomic mass is 10.2. The normalized spacial score (nSPS) is 19.8. The van der Waals surface area contributed by atoms with Crippen molar-refractivity contribution in [3.8, 4) is 0 Å². The molecule has 100 valence electrons. The summed E-state index contributed by atoms with van der Waals surface area (Å²) in [6, 6.07) is 10.1. The van der Waals surface area contributed by atoms with Gasteiger partial charge in [-0.3, -0.25) is 4.79 Å². The first-order valence-electron chi connectivity index (χ1n) is 6.23. The third kappa shape index (κ3) is 2.68. The summed E-state index contributed by atoms with van der Waals surface area (Å²) in [5, 5.41) is 1.91. The second-order valence-electron chi connectivity index (χ2n) is 4.55. The molecule has 1 fully saturated rings. The van der Waals surface area contributed by atoms with Gasteiger partial charge in [-0.25, -0.2) is 0 Å². The molecule has 0 radical (unpaired) electrons.